The van der Waals surface area contributed by atoms with Crippen LogP contribution in [0, 0.1) is 23.2 Å². The molecule has 4 fully saturated rings. The van der Waals surface area contributed by atoms with Gasteiger partial charge in [-0.15, -0.1) is 0 Å². The predicted molar refractivity (Wildman–Crippen MR) is 112 cm³/mol. The number of aliphatic hydroxyl groups excluding tert-OH is 1. The first-order chi connectivity index (χ1) is 14.0. The Morgan fingerprint density at radius 1 is 1.24 bits per heavy atom. The number of nitrogens with zero attached hydrogens (tertiary/aromatic N) is 2. The molecule has 4 aliphatic carbocycles. The minimum atomic E-state index is -0.00743. The van der Waals surface area contributed by atoms with Gasteiger partial charge in [0.25, 0.3) is 5.91 Å². The Morgan fingerprint density at radius 3 is 2.59 bits per heavy atom. The third-order valence-electron chi connectivity index (χ3n) is 7.47. The quantitative estimate of drug-likeness (QED) is 0.672. The van der Waals surface area contributed by atoms with Crippen molar-refractivity contribution in [3.8, 4) is 0 Å². The lowest BCUT2D eigenvalue weighted by Crippen LogP contribution is -2.51. The molecule has 0 saturated heterocycles. The number of imidazole rings is 1. The molecule has 2 aromatic heterocycles. The van der Waals surface area contributed by atoms with Gasteiger partial charge in [0.15, 0.2) is 0 Å². The van der Waals surface area contributed by atoms with Crippen molar-refractivity contribution in [3.05, 3.63) is 35.8 Å². The summed E-state index contributed by atoms with van der Waals surface area (Å²) in [4.78, 5) is 17.7. The highest BCUT2D eigenvalue weighted by Crippen LogP contribution is 2.59. The van der Waals surface area contributed by atoms with Crippen LogP contribution in [0.2, 0.25) is 0 Å². The Bertz CT molecular complexity index is 870. The number of carbonyl (C=O) groups is 1. The highest BCUT2D eigenvalue weighted by Gasteiger charge is 2.50. The zero-order valence-electron chi connectivity index (χ0n) is 17.2. The average molecular weight is 397 g/mol. The molecule has 0 unspecified atom stereocenters. The summed E-state index contributed by atoms with van der Waals surface area (Å²) in [7, 11) is 0. The molecular formula is C23H32N4O2. The molecule has 1 amide bonds. The summed E-state index contributed by atoms with van der Waals surface area (Å²) in [6, 6.07) is 5.71. The number of hydrogen-bond acceptors (Lipinski definition) is 4. The van der Waals surface area contributed by atoms with Gasteiger partial charge in [0.05, 0.1) is 12.3 Å². The normalized spacial score (nSPS) is 31.3. The fraction of sp³-hybridized carbons (Fsp3) is 0.652. The van der Waals surface area contributed by atoms with E-state index in [0.717, 1.165) is 35.6 Å². The standard InChI is InChI=1S/C23H32N4O2/c1-15(13-28)24-11-19-12-27-20(3-2-4-21(27)26-19)22(29)25-14-23-8-16-5-17(9-23)7-18(6-16)10-23/h2-4,12,15-18,24,28H,5-11,13-14H2,1H3,(H,25,29)/t15-,16?,17?,18?,23?/m0/s1. The Hall–Kier alpha value is -1.92. The van der Waals surface area contributed by atoms with Crippen molar-refractivity contribution in [2.45, 2.75) is 58.0 Å². The first kappa shape index (κ1) is 19.1. The summed E-state index contributed by atoms with van der Waals surface area (Å²) in [6.07, 6.45) is 10.1. The Labute approximate surface area is 172 Å². The van der Waals surface area contributed by atoms with Crippen LogP contribution in [0.25, 0.3) is 5.65 Å². The second kappa shape index (κ2) is 7.40. The van der Waals surface area contributed by atoms with Gasteiger partial charge in [-0.3, -0.25) is 9.20 Å². The summed E-state index contributed by atoms with van der Waals surface area (Å²) in [5.41, 5.74) is 2.62. The van der Waals surface area contributed by atoms with Gasteiger partial charge in [-0.05, 0) is 80.8 Å². The summed E-state index contributed by atoms with van der Waals surface area (Å²) in [5, 5.41) is 15.7. The number of pyridine rings is 1. The Balaban J connectivity index is 1.29. The smallest absolute Gasteiger partial charge is 0.268 e. The van der Waals surface area contributed by atoms with Crippen molar-refractivity contribution in [3.63, 3.8) is 0 Å². The number of hydrogen-bond donors (Lipinski definition) is 3. The second-order valence-electron chi connectivity index (χ2n) is 9.94. The molecule has 2 aromatic rings. The first-order valence-electron chi connectivity index (χ1n) is 11.1. The Kier molecular flexibility index (Phi) is 4.87. The zero-order valence-corrected chi connectivity index (χ0v) is 17.2. The molecule has 2 heterocycles. The van der Waals surface area contributed by atoms with E-state index in [2.05, 4.69) is 15.6 Å². The van der Waals surface area contributed by atoms with Crippen LogP contribution < -0.4 is 10.6 Å². The van der Waals surface area contributed by atoms with Crippen LogP contribution in [-0.4, -0.2) is 39.6 Å². The van der Waals surface area contributed by atoms with Gasteiger partial charge in [-0.1, -0.05) is 6.07 Å². The van der Waals surface area contributed by atoms with Crippen molar-refractivity contribution < 1.29 is 9.90 Å². The lowest BCUT2D eigenvalue weighted by molar-refractivity contribution is -0.0503. The van der Waals surface area contributed by atoms with Gasteiger partial charge < -0.3 is 15.7 Å². The van der Waals surface area contributed by atoms with E-state index in [1.54, 1.807) is 0 Å². The second-order valence-corrected chi connectivity index (χ2v) is 9.94. The van der Waals surface area contributed by atoms with Gasteiger partial charge in [-0.2, -0.15) is 0 Å². The van der Waals surface area contributed by atoms with E-state index in [1.807, 2.05) is 35.7 Å². The lowest BCUT2D eigenvalue weighted by atomic mass is 9.49. The topological polar surface area (TPSA) is 78.7 Å². The molecule has 0 aliphatic heterocycles. The number of amides is 1. The minimum absolute atomic E-state index is 0.00743. The van der Waals surface area contributed by atoms with E-state index in [9.17, 15) is 9.90 Å². The van der Waals surface area contributed by atoms with Crippen molar-refractivity contribution in [1.29, 1.82) is 0 Å². The molecule has 6 heteroatoms. The fourth-order valence-electron chi connectivity index (χ4n) is 6.54. The monoisotopic (exact) mass is 396 g/mol. The van der Waals surface area contributed by atoms with Crippen LogP contribution >= 0.6 is 0 Å². The predicted octanol–water partition coefficient (Wildman–Crippen LogP) is 2.75. The maximum absolute atomic E-state index is 13.1. The van der Waals surface area contributed by atoms with Crippen LogP contribution in [0.15, 0.2) is 24.4 Å². The van der Waals surface area contributed by atoms with Crippen molar-refractivity contribution in [1.82, 2.24) is 20.0 Å². The van der Waals surface area contributed by atoms with Gasteiger partial charge in [-0.25, -0.2) is 4.98 Å². The summed E-state index contributed by atoms with van der Waals surface area (Å²) >= 11 is 0. The number of aliphatic hydroxyl groups is 1. The highest BCUT2D eigenvalue weighted by molar-refractivity contribution is 5.93. The van der Waals surface area contributed by atoms with Crippen molar-refractivity contribution in [2.24, 2.45) is 23.2 Å². The van der Waals surface area contributed by atoms with E-state index in [0.29, 0.717) is 17.7 Å². The number of aromatic nitrogens is 2. The number of fused-ring (bicyclic) bond motifs is 1. The molecule has 1 atom stereocenters. The zero-order chi connectivity index (χ0) is 20.0. The molecule has 0 spiro atoms. The summed E-state index contributed by atoms with van der Waals surface area (Å²) in [6.45, 7) is 3.39. The third-order valence-corrected chi connectivity index (χ3v) is 7.47. The molecule has 3 N–H and O–H groups in total. The van der Waals surface area contributed by atoms with Crippen molar-refractivity contribution >= 4 is 11.6 Å². The minimum Gasteiger partial charge on any atom is -0.395 e. The van der Waals surface area contributed by atoms with Crippen LogP contribution in [0.5, 0.6) is 0 Å². The number of rotatable bonds is 7. The van der Waals surface area contributed by atoms with Crippen LogP contribution in [0.4, 0.5) is 0 Å². The molecule has 6 rings (SSSR count). The lowest BCUT2D eigenvalue weighted by Gasteiger charge is -2.56. The molecule has 156 valence electrons. The van der Waals surface area contributed by atoms with E-state index >= 15 is 0 Å². The van der Waals surface area contributed by atoms with Crippen LogP contribution in [0.1, 0.15) is 61.6 Å². The van der Waals surface area contributed by atoms with Crippen LogP contribution in [-0.2, 0) is 6.54 Å². The summed E-state index contributed by atoms with van der Waals surface area (Å²) < 4.78 is 1.88. The highest BCUT2D eigenvalue weighted by atomic mass is 16.3. The number of nitrogens with one attached hydrogen (secondary N) is 2. The average Bonchev–Trinajstić information content (AvgIpc) is 3.12. The molecule has 4 aliphatic rings. The molecule has 0 radical (unpaired) electrons. The molecule has 29 heavy (non-hydrogen) atoms. The summed E-state index contributed by atoms with van der Waals surface area (Å²) in [5.74, 6) is 2.68. The van der Waals surface area contributed by atoms with Gasteiger partial charge in [0.1, 0.15) is 11.3 Å². The third kappa shape index (κ3) is 3.68. The largest absolute Gasteiger partial charge is 0.395 e. The molecule has 4 saturated carbocycles. The van der Waals surface area contributed by atoms with Gasteiger partial charge >= 0.3 is 0 Å². The molecule has 4 bridgehead atoms. The first-order valence-corrected chi connectivity index (χ1v) is 11.1. The SMILES string of the molecule is C[C@@H](CO)NCc1cn2c(C(=O)NCC34CC5CC(CC(C5)C3)C4)cccc2n1. The van der Waals surface area contributed by atoms with Gasteiger partial charge in [0, 0.05) is 25.3 Å². The molecular weight excluding hydrogens is 364 g/mol. The Morgan fingerprint density at radius 2 is 1.93 bits per heavy atom. The maximum Gasteiger partial charge on any atom is 0.268 e. The van der Waals surface area contributed by atoms with E-state index < -0.39 is 0 Å². The fourth-order valence-corrected chi connectivity index (χ4v) is 6.54. The van der Waals surface area contributed by atoms with E-state index in [-0.39, 0.29) is 18.6 Å². The van der Waals surface area contributed by atoms with Crippen molar-refractivity contribution in [2.75, 3.05) is 13.2 Å². The van der Waals surface area contributed by atoms with Gasteiger partial charge in [0.2, 0.25) is 0 Å². The molecule has 6 nitrogen and oxygen atoms in total. The maximum atomic E-state index is 13.1. The van der Waals surface area contributed by atoms with E-state index in [1.165, 1.54) is 38.5 Å². The van der Waals surface area contributed by atoms with E-state index in [4.69, 9.17) is 0 Å². The van der Waals surface area contributed by atoms with Crippen LogP contribution in [0.3, 0.4) is 0 Å². The molecule has 0 aromatic carbocycles. The number of carbonyl (C=O) groups excluding carboxylic acids is 1.